The van der Waals surface area contributed by atoms with Crippen LogP contribution < -0.4 is 5.32 Å². The maximum Gasteiger partial charge on any atom is 0.336 e. The number of Topliss-reactive ketones (excluding diaryl/α,β-unsaturated/α-hetero) is 1. The van der Waals surface area contributed by atoms with Gasteiger partial charge in [-0.3, -0.25) is 4.79 Å². The van der Waals surface area contributed by atoms with E-state index in [-0.39, 0.29) is 23.6 Å². The first-order chi connectivity index (χ1) is 12.2. The SMILES string of the molecule is CCOC(=O)C1=C(C)NC2=C(C(=O)CC(C)(C)C2)C1c1cccc(O)c1. The summed E-state index contributed by atoms with van der Waals surface area (Å²) < 4.78 is 5.26. The summed E-state index contributed by atoms with van der Waals surface area (Å²) in [5, 5.41) is 13.2. The van der Waals surface area contributed by atoms with Crippen LogP contribution in [0.15, 0.2) is 46.8 Å². The van der Waals surface area contributed by atoms with Gasteiger partial charge in [0.25, 0.3) is 0 Å². The number of rotatable bonds is 3. The van der Waals surface area contributed by atoms with Gasteiger partial charge in [0.1, 0.15) is 5.75 Å². The summed E-state index contributed by atoms with van der Waals surface area (Å²) in [6.07, 6.45) is 1.16. The van der Waals surface area contributed by atoms with E-state index in [1.807, 2.05) is 13.0 Å². The van der Waals surface area contributed by atoms with Crippen molar-refractivity contribution in [1.82, 2.24) is 5.32 Å². The largest absolute Gasteiger partial charge is 0.508 e. The van der Waals surface area contributed by atoms with Crippen molar-refractivity contribution < 1.29 is 19.4 Å². The van der Waals surface area contributed by atoms with Crippen LogP contribution in [0.1, 0.15) is 52.0 Å². The van der Waals surface area contributed by atoms with Crippen LogP contribution in [0, 0.1) is 5.41 Å². The molecule has 1 aromatic rings. The zero-order valence-corrected chi connectivity index (χ0v) is 15.7. The van der Waals surface area contributed by atoms with Crippen LogP contribution in [0.4, 0.5) is 0 Å². The summed E-state index contributed by atoms with van der Waals surface area (Å²) in [7, 11) is 0. The number of allylic oxidation sites excluding steroid dienone is 3. The molecule has 1 aliphatic heterocycles. The van der Waals surface area contributed by atoms with Gasteiger partial charge in [-0.25, -0.2) is 4.79 Å². The monoisotopic (exact) mass is 355 g/mol. The number of aromatic hydroxyl groups is 1. The molecule has 0 aromatic heterocycles. The van der Waals surface area contributed by atoms with Gasteiger partial charge in [0.15, 0.2) is 5.78 Å². The molecule has 0 radical (unpaired) electrons. The Morgan fingerprint density at radius 2 is 2.08 bits per heavy atom. The molecule has 0 saturated carbocycles. The minimum absolute atomic E-state index is 0.0337. The molecule has 1 unspecified atom stereocenters. The van der Waals surface area contributed by atoms with Crippen LogP contribution >= 0.6 is 0 Å². The maximum absolute atomic E-state index is 13.0. The number of hydrogen-bond acceptors (Lipinski definition) is 5. The van der Waals surface area contributed by atoms with Crippen LogP contribution in [0.5, 0.6) is 5.75 Å². The van der Waals surface area contributed by atoms with Crippen LogP contribution in [0.3, 0.4) is 0 Å². The van der Waals surface area contributed by atoms with Gasteiger partial charge in [0.2, 0.25) is 0 Å². The fraction of sp³-hybridized carbons (Fsp3) is 0.429. The molecular formula is C21H25NO4. The molecule has 0 amide bonds. The van der Waals surface area contributed by atoms with Crippen LogP contribution in [-0.2, 0) is 14.3 Å². The van der Waals surface area contributed by atoms with E-state index in [2.05, 4.69) is 19.2 Å². The predicted octanol–water partition coefficient (Wildman–Crippen LogP) is 3.56. The number of ketones is 1. The molecule has 1 aromatic carbocycles. The minimum Gasteiger partial charge on any atom is -0.508 e. The van der Waals surface area contributed by atoms with E-state index in [4.69, 9.17) is 4.74 Å². The molecule has 138 valence electrons. The van der Waals surface area contributed by atoms with Crippen LogP contribution in [-0.4, -0.2) is 23.5 Å². The molecule has 0 saturated heterocycles. The normalized spacial score (nSPS) is 22.0. The molecular weight excluding hydrogens is 330 g/mol. The highest BCUT2D eigenvalue weighted by atomic mass is 16.5. The van der Waals surface area contributed by atoms with Gasteiger partial charge in [-0.2, -0.15) is 0 Å². The van der Waals surface area contributed by atoms with E-state index in [0.717, 1.165) is 17.7 Å². The molecule has 1 atom stereocenters. The number of esters is 1. The summed E-state index contributed by atoms with van der Waals surface area (Å²) in [5.74, 6) is -0.824. The number of phenols is 1. The Morgan fingerprint density at radius 3 is 2.73 bits per heavy atom. The quantitative estimate of drug-likeness (QED) is 0.811. The third kappa shape index (κ3) is 3.26. The molecule has 1 heterocycles. The minimum atomic E-state index is -0.527. The van der Waals surface area contributed by atoms with E-state index >= 15 is 0 Å². The van der Waals surface area contributed by atoms with Gasteiger partial charge < -0.3 is 15.2 Å². The Balaban J connectivity index is 2.18. The molecule has 1 aliphatic carbocycles. The highest BCUT2D eigenvalue weighted by Gasteiger charge is 2.43. The smallest absolute Gasteiger partial charge is 0.336 e. The number of dihydropyridines is 1. The predicted molar refractivity (Wildman–Crippen MR) is 98.4 cm³/mol. The highest BCUT2D eigenvalue weighted by Crippen LogP contribution is 2.47. The number of carbonyl (C=O) groups excluding carboxylic acids is 2. The van der Waals surface area contributed by atoms with Gasteiger partial charge in [-0.05, 0) is 43.4 Å². The first-order valence-corrected chi connectivity index (χ1v) is 8.93. The molecule has 0 bridgehead atoms. The molecule has 0 spiro atoms. The van der Waals surface area contributed by atoms with Gasteiger partial charge in [-0.1, -0.05) is 26.0 Å². The van der Waals surface area contributed by atoms with Crippen molar-refractivity contribution in [3.8, 4) is 5.75 Å². The number of hydrogen-bond donors (Lipinski definition) is 2. The average Bonchev–Trinajstić information content (AvgIpc) is 2.52. The maximum atomic E-state index is 13.0. The van der Waals surface area contributed by atoms with E-state index in [9.17, 15) is 14.7 Å². The van der Waals surface area contributed by atoms with Crippen molar-refractivity contribution in [3.63, 3.8) is 0 Å². The van der Waals surface area contributed by atoms with Crippen molar-refractivity contribution >= 4 is 11.8 Å². The zero-order valence-electron chi connectivity index (χ0n) is 15.7. The van der Waals surface area contributed by atoms with Crippen molar-refractivity contribution in [2.24, 2.45) is 5.41 Å². The lowest BCUT2D eigenvalue weighted by Gasteiger charge is -2.39. The second kappa shape index (κ2) is 6.63. The lowest BCUT2D eigenvalue weighted by Crippen LogP contribution is -2.38. The van der Waals surface area contributed by atoms with Gasteiger partial charge in [0, 0.05) is 29.3 Å². The Kier molecular flexibility index (Phi) is 4.65. The van der Waals surface area contributed by atoms with Crippen molar-refractivity contribution in [1.29, 1.82) is 0 Å². The lowest BCUT2D eigenvalue weighted by atomic mass is 9.68. The van der Waals surface area contributed by atoms with Crippen LogP contribution in [0.25, 0.3) is 0 Å². The average molecular weight is 355 g/mol. The summed E-state index contributed by atoms with van der Waals surface area (Å²) in [5.41, 5.74) is 3.20. The number of ether oxygens (including phenoxy) is 1. The summed E-state index contributed by atoms with van der Waals surface area (Å²) in [6.45, 7) is 7.98. The number of phenolic OH excluding ortho intramolecular Hbond substituents is 1. The van der Waals surface area contributed by atoms with E-state index in [1.54, 1.807) is 25.1 Å². The molecule has 3 rings (SSSR count). The second-order valence-electron chi connectivity index (χ2n) is 7.75. The van der Waals surface area contributed by atoms with Crippen molar-refractivity contribution in [2.45, 2.75) is 46.5 Å². The molecule has 26 heavy (non-hydrogen) atoms. The number of nitrogens with one attached hydrogen (secondary N) is 1. The summed E-state index contributed by atoms with van der Waals surface area (Å²) in [4.78, 5) is 25.7. The fourth-order valence-electron chi connectivity index (χ4n) is 3.95. The summed E-state index contributed by atoms with van der Waals surface area (Å²) >= 11 is 0. The Hall–Kier alpha value is -2.56. The standard InChI is InChI=1S/C21H25NO4/c1-5-26-20(25)17-12(2)22-15-10-21(3,4)11-16(24)19(15)18(17)13-7-6-8-14(23)9-13/h6-9,18,22-23H,5,10-11H2,1-4H3. The molecule has 2 aliphatic rings. The third-order valence-corrected chi connectivity index (χ3v) is 4.94. The van der Waals surface area contributed by atoms with Gasteiger partial charge in [-0.15, -0.1) is 0 Å². The third-order valence-electron chi connectivity index (χ3n) is 4.94. The number of carbonyl (C=O) groups is 2. The molecule has 0 fully saturated rings. The van der Waals surface area contributed by atoms with Crippen LogP contribution in [0.2, 0.25) is 0 Å². The molecule has 5 nitrogen and oxygen atoms in total. The summed E-state index contributed by atoms with van der Waals surface area (Å²) in [6, 6.07) is 6.74. The van der Waals surface area contributed by atoms with E-state index in [0.29, 0.717) is 23.3 Å². The lowest BCUT2D eigenvalue weighted by molar-refractivity contribution is -0.138. The first kappa shape index (κ1) is 18.2. The Labute approximate surface area is 153 Å². The van der Waals surface area contributed by atoms with Gasteiger partial charge >= 0.3 is 5.97 Å². The first-order valence-electron chi connectivity index (χ1n) is 8.93. The Morgan fingerprint density at radius 1 is 1.35 bits per heavy atom. The highest BCUT2D eigenvalue weighted by molar-refractivity contribution is 6.04. The van der Waals surface area contributed by atoms with Crippen molar-refractivity contribution in [2.75, 3.05) is 6.61 Å². The fourth-order valence-corrected chi connectivity index (χ4v) is 3.95. The molecule has 2 N–H and O–H groups in total. The van der Waals surface area contributed by atoms with Crippen molar-refractivity contribution in [3.05, 3.63) is 52.4 Å². The Bertz CT molecular complexity index is 832. The van der Waals surface area contributed by atoms with E-state index < -0.39 is 11.9 Å². The van der Waals surface area contributed by atoms with E-state index in [1.165, 1.54) is 0 Å². The van der Waals surface area contributed by atoms with Gasteiger partial charge in [0.05, 0.1) is 12.2 Å². The zero-order chi connectivity index (χ0) is 19.1. The second-order valence-corrected chi connectivity index (χ2v) is 7.75. The molecule has 5 heteroatoms. The number of benzene rings is 1. The topological polar surface area (TPSA) is 75.6 Å².